The number of primary amides is 1. The monoisotopic (exact) mass is 493 g/mol. The molecular formula is C28H35N3O5. The third kappa shape index (κ3) is 6.32. The molecule has 8 nitrogen and oxygen atoms in total. The second-order valence-electron chi connectivity index (χ2n) is 9.40. The zero-order chi connectivity index (χ0) is 25.5. The normalized spacial score (nSPS) is 28.1. The van der Waals surface area contributed by atoms with Crippen molar-refractivity contribution in [1.29, 1.82) is 0 Å². The minimum Gasteiger partial charge on any atom is -0.497 e. The van der Waals surface area contributed by atoms with Crippen molar-refractivity contribution in [3.63, 3.8) is 0 Å². The van der Waals surface area contributed by atoms with Crippen molar-refractivity contribution in [3.05, 3.63) is 77.4 Å². The zero-order valence-corrected chi connectivity index (χ0v) is 20.6. The van der Waals surface area contributed by atoms with E-state index in [0.717, 1.165) is 23.3 Å². The number of rotatable bonds is 4. The van der Waals surface area contributed by atoms with Gasteiger partial charge in [-0.1, -0.05) is 48.6 Å². The summed E-state index contributed by atoms with van der Waals surface area (Å²) in [7, 11) is 1.64. The van der Waals surface area contributed by atoms with E-state index in [0.29, 0.717) is 25.9 Å². The Bertz CT molecular complexity index is 1070. The Kier molecular flexibility index (Phi) is 8.74. The van der Waals surface area contributed by atoms with E-state index in [1.54, 1.807) is 7.11 Å². The fourth-order valence-electron chi connectivity index (χ4n) is 4.96. The van der Waals surface area contributed by atoms with Crippen LogP contribution in [0.4, 0.5) is 0 Å². The van der Waals surface area contributed by atoms with E-state index in [1.807, 2.05) is 54.6 Å². The van der Waals surface area contributed by atoms with Crippen LogP contribution in [0.15, 0.2) is 60.7 Å². The first-order valence-electron chi connectivity index (χ1n) is 12.4. The van der Waals surface area contributed by atoms with Crippen LogP contribution in [0.25, 0.3) is 0 Å². The van der Waals surface area contributed by atoms with Gasteiger partial charge in [-0.25, -0.2) is 0 Å². The van der Waals surface area contributed by atoms with E-state index in [2.05, 4.69) is 16.7 Å². The van der Waals surface area contributed by atoms with Crippen molar-refractivity contribution in [2.24, 2.45) is 11.7 Å². The highest BCUT2D eigenvalue weighted by atomic mass is 16.5. The fourth-order valence-corrected chi connectivity index (χ4v) is 4.96. The van der Waals surface area contributed by atoms with E-state index in [1.165, 1.54) is 5.56 Å². The molecule has 0 fully saturated rings. The quantitative estimate of drug-likeness (QED) is 0.381. The summed E-state index contributed by atoms with van der Waals surface area (Å²) in [5.41, 5.74) is 8.77. The Hall–Kier alpha value is -3.20. The standard InChI is InChI=1S/C28H35N3O5/c1-35-20-12-11-19-15-25-26(22(19)16-20)30-17-24(32)23(14-18-8-4-2-5-9-18)31-28(34)21(27(29)33)10-6-3-7-13-36-25/h2-5,7-9,11-12,16,21,23-26,30,32H,6,10,13-15,17H2,1H3,(H2,29,33)(H,31,34)/b7-3-/t21-,23?,24+,25-,26+/m0/s1. The third-order valence-electron chi connectivity index (χ3n) is 6.97. The Morgan fingerprint density at radius 2 is 2.00 bits per heavy atom. The number of amides is 2. The van der Waals surface area contributed by atoms with Gasteiger partial charge in [-0.2, -0.15) is 0 Å². The van der Waals surface area contributed by atoms with Crippen LogP contribution in [-0.2, 0) is 27.2 Å². The van der Waals surface area contributed by atoms with Crippen molar-refractivity contribution in [1.82, 2.24) is 10.6 Å². The van der Waals surface area contributed by atoms with Gasteiger partial charge < -0.3 is 30.9 Å². The Morgan fingerprint density at radius 1 is 1.19 bits per heavy atom. The molecule has 5 atom stereocenters. The number of carbonyl (C=O) groups excluding carboxylic acids is 2. The molecule has 1 aliphatic heterocycles. The number of aliphatic hydroxyl groups excluding tert-OH is 1. The number of carbonyl (C=O) groups is 2. The third-order valence-corrected chi connectivity index (χ3v) is 6.97. The minimum absolute atomic E-state index is 0.116. The number of ether oxygens (including phenoxy) is 2. The van der Waals surface area contributed by atoms with E-state index in [9.17, 15) is 14.7 Å². The van der Waals surface area contributed by atoms with Crippen LogP contribution >= 0.6 is 0 Å². The number of β-amino-alcohol motifs (C(OH)–C–C–N with tert-alkyl or cyclic N) is 1. The van der Waals surface area contributed by atoms with Crippen LogP contribution < -0.4 is 21.1 Å². The lowest BCUT2D eigenvalue weighted by molar-refractivity contribution is -0.134. The Morgan fingerprint density at radius 3 is 2.75 bits per heavy atom. The lowest BCUT2D eigenvalue weighted by Crippen LogP contribution is -2.52. The maximum absolute atomic E-state index is 13.1. The van der Waals surface area contributed by atoms with Gasteiger partial charge in [0.25, 0.3) is 0 Å². The number of benzene rings is 2. The molecule has 192 valence electrons. The number of methoxy groups -OCH3 is 1. The van der Waals surface area contributed by atoms with Crippen LogP contribution in [0.5, 0.6) is 5.75 Å². The number of hydrogen-bond donors (Lipinski definition) is 4. The molecule has 2 aromatic carbocycles. The molecule has 5 N–H and O–H groups in total. The minimum atomic E-state index is -0.974. The van der Waals surface area contributed by atoms with E-state index in [4.69, 9.17) is 15.2 Å². The summed E-state index contributed by atoms with van der Waals surface area (Å²) in [5.74, 6) is -1.35. The first-order chi connectivity index (χ1) is 17.5. The average molecular weight is 494 g/mol. The topological polar surface area (TPSA) is 123 Å². The molecule has 0 bridgehead atoms. The summed E-state index contributed by atoms with van der Waals surface area (Å²) < 4.78 is 11.6. The van der Waals surface area contributed by atoms with Crippen LogP contribution in [0.3, 0.4) is 0 Å². The lowest BCUT2D eigenvalue weighted by atomic mass is 9.97. The van der Waals surface area contributed by atoms with Gasteiger partial charge >= 0.3 is 0 Å². The van der Waals surface area contributed by atoms with Crippen molar-refractivity contribution in [2.75, 3.05) is 20.3 Å². The SMILES string of the molecule is COc1ccc2c(c1)[C@H]1NC[C@@H](O)C(Cc3ccccc3)NC(=O)[C@H](C(N)=O)CC/C=C\CO[C@H]1C2. The summed E-state index contributed by atoms with van der Waals surface area (Å²) >= 11 is 0. The van der Waals surface area contributed by atoms with Crippen LogP contribution in [0.2, 0.25) is 0 Å². The number of aliphatic hydroxyl groups is 1. The van der Waals surface area contributed by atoms with Crippen LogP contribution in [0, 0.1) is 5.92 Å². The van der Waals surface area contributed by atoms with Gasteiger partial charge in [0, 0.05) is 13.0 Å². The zero-order valence-electron chi connectivity index (χ0n) is 20.6. The predicted molar refractivity (Wildman–Crippen MR) is 136 cm³/mol. The smallest absolute Gasteiger partial charge is 0.232 e. The highest BCUT2D eigenvalue weighted by Gasteiger charge is 2.35. The molecule has 1 aliphatic carbocycles. The summed E-state index contributed by atoms with van der Waals surface area (Å²) in [6.07, 6.45) is 4.75. The first-order valence-corrected chi connectivity index (χ1v) is 12.4. The van der Waals surface area contributed by atoms with Gasteiger partial charge in [0.05, 0.1) is 38.0 Å². The van der Waals surface area contributed by atoms with E-state index < -0.39 is 29.9 Å². The maximum Gasteiger partial charge on any atom is 0.232 e. The molecule has 4 rings (SSSR count). The molecule has 0 saturated carbocycles. The van der Waals surface area contributed by atoms with Gasteiger partial charge in [0.2, 0.25) is 11.8 Å². The second-order valence-corrected chi connectivity index (χ2v) is 9.40. The van der Waals surface area contributed by atoms with Gasteiger partial charge in [0.15, 0.2) is 0 Å². The lowest BCUT2D eigenvalue weighted by Gasteiger charge is -2.29. The molecule has 0 saturated heterocycles. The van der Waals surface area contributed by atoms with Crippen LogP contribution in [-0.4, -0.2) is 55.4 Å². The number of allylic oxidation sites excluding steroid dienone is 1. The highest BCUT2D eigenvalue weighted by Crippen LogP contribution is 2.36. The van der Waals surface area contributed by atoms with Gasteiger partial charge in [-0.3, -0.25) is 9.59 Å². The molecule has 1 unspecified atom stereocenters. The summed E-state index contributed by atoms with van der Waals surface area (Å²) in [5, 5.41) is 17.6. The molecule has 0 aromatic heterocycles. The van der Waals surface area contributed by atoms with Gasteiger partial charge in [0.1, 0.15) is 11.7 Å². The molecular weight excluding hydrogens is 458 g/mol. The second kappa shape index (κ2) is 12.2. The number of nitrogens with two attached hydrogens (primary N) is 1. The van der Waals surface area contributed by atoms with Crippen molar-refractivity contribution >= 4 is 11.8 Å². The molecule has 2 aromatic rings. The van der Waals surface area contributed by atoms with Gasteiger partial charge in [-0.05, 0) is 48.1 Å². The maximum atomic E-state index is 13.1. The fraction of sp³-hybridized carbons (Fsp3) is 0.429. The molecule has 0 radical (unpaired) electrons. The highest BCUT2D eigenvalue weighted by molar-refractivity contribution is 5.99. The van der Waals surface area contributed by atoms with E-state index >= 15 is 0 Å². The average Bonchev–Trinajstić information content (AvgIpc) is 3.22. The Balaban J connectivity index is 1.60. The summed E-state index contributed by atoms with van der Waals surface area (Å²) in [4.78, 5) is 25.1. The molecule has 2 aliphatic rings. The van der Waals surface area contributed by atoms with E-state index in [-0.39, 0.29) is 18.7 Å². The van der Waals surface area contributed by atoms with Crippen molar-refractivity contribution in [3.8, 4) is 5.75 Å². The number of hydrogen-bond acceptors (Lipinski definition) is 6. The summed E-state index contributed by atoms with van der Waals surface area (Å²) in [6.45, 7) is 0.622. The molecule has 1 heterocycles. The largest absolute Gasteiger partial charge is 0.497 e. The molecule has 0 spiro atoms. The van der Waals surface area contributed by atoms with Gasteiger partial charge in [-0.15, -0.1) is 0 Å². The Labute approximate surface area is 211 Å². The number of fused-ring (bicyclic) bond motifs is 3. The van der Waals surface area contributed by atoms with Crippen molar-refractivity contribution < 1.29 is 24.2 Å². The summed E-state index contributed by atoms with van der Waals surface area (Å²) in [6, 6.07) is 14.9. The first kappa shape index (κ1) is 25.9. The number of nitrogens with one attached hydrogen (secondary N) is 2. The molecule has 2 amide bonds. The van der Waals surface area contributed by atoms with Crippen LogP contribution in [0.1, 0.15) is 35.6 Å². The van der Waals surface area contributed by atoms with Crippen molar-refractivity contribution in [2.45, 2.75) is 50.0 Å². The molecule has 8 heteroatoms. The molecule has 36 heavy (non-hydrogen) atoms. The predicted octanol–water partition coefficient (Wildman–Crippen LogP) is 1.81.